The summed E-state index contributed by atoms with van der Waals surface area (Å²) in [5, 5.41) is 3.57. The molecule has 4 nitrogen and oxygen atoms in total. The number of hydrogen-bond acceptors (Lipinski definition) is 4. The van der Waals surface area contributed by atoms with E-state index in [9.17, 15) is 0 Å². The molecule has 1 N–H and O–H groups in total. The Bertz CT molecular complexity index is 457. The quantitative estimate of drug-likeness (QED) is 0.918. The van der Waals surface area contributed by atoms with Crippen LogP contribution in [0.15, 0.2) is 18.2 Å². The number of rotatable bonds is 4. The second-order valence-electron chi connectivity index (χ2n) is 5.53. The number of ether oxygens (including phenoxy) is 3. The zero-order valence-electron chi connectivity index (χ0n) is 12.2. The smallest absolute Gasteiger partial charge is 0.128 e. The van der Waals surface area contributed by atoms with Crippen molar-refractivity contribution < 1.29 is 14.2 Å². The molecule has 1 fully saturated rings. The van der Waals surface area contributed by atoms with E-state index in [0.29, 0.717) is 12.0 Å². The van der Waals surface area contributed by atoms with E-state index in [4.69, 9.17) is 14.2 Å². The maximum atomic E-state index is 6.23. The third kappa shape index (κ3) is 2.63. The molecule has 1 aromatic rings. The lowest BCUT2D eigenvalue weighted by Gasteiger charge is -2.35. The third-order valence-corrected chi connectivity index (χ3v) is 4.28. The fourth-order valence-electron chi connectivity index (χ4n) is 3.18. The van der Waals surface area contributed by atoms with Crippen LogP contribution in [0.5, 0.6) is 11.5 Å². The van der Waals surface area contributed by atoms with Crippen molar-refractivity contribution in [2.45, 2.75) is 31.9 Å². The minimum Gasteiger partial charge on any atom is -0.497 e. The van der Waals surface area contributed by atoms with Crippen LogP contribution >= 0.6 is 0 Å². The van der Waals surface area contributed by atoms with Crippen molar-refractivity contribution in [3.8, 4) is 11.5 Å². The zero-order chi connectivity index (χ0) is 13.9. The Kier molecular flexibility index (Phi) is 4.13. The fraction of sp³-hybridized carbons (Fsp3) is 0.625. The van der Waals surface area contributed by atoms with Gasteiger partial charge in [-0.1, -0.05) is 13.0 Å². The number of benzene rings is 1. The molecule has 2 heterocycles. The first-order valence-corrected chi connectivity index (χ1v) is 7.47. The molecule has 0 amide bonds. The van der Waals surface area contributed by atoms with Gasteiger partial charge in [-0.25, -0.2) is 0 Å². The molecule has 3 atom stereocenters. The van der Waals surface area contributed by atoms with Gasteiger partial charge in [0.25, 0.3) is 0 Å². The van der Waals surface area contributed by atoms with Crippen LogP contribution < -0.4 is 14.8 Å². The number of methoxy groups -OCH3 is 1. The first-order valence-electron chi connectivity index (χ1n) is 7.47. The summed E-state index contributed by atoms with van der Waals surface area (Å²) < 4.78 is 17.1. The molecule has 0 bridgehead atoms. The normalized spacial score (nSPS) is 28.8. The highest BCUT2D eigenvalue weighted by atomic mass is 16.5. The number of hydrogen-bond donors (Lipinski definition) is 1. The molecule has 110 valence electrons. The predicted octanol–water partition coefficient (Wildman–Crippen LogP) is 2.53. The molecule has 0 aromatic heterocycles. The Labute approximate surface area is 120 Å². The standard InChI is InChI=1S/C16H23NO3/c1-3-17-14-9-15(11-6-7-19-10-11)20-16-8-12(18-2)4-5-13(14)16/h4-5,8,11,14-15,17H,3,6-7,9-10H2,1-2H3. The number of nitrogens with one attached hydrogen (secondary N) is 1. The van der Waals surface area contributed by atoms with Crippen molar-refractivity contribution in [1.29, 1.82) is 0 Å². The van der Waals surface area contributed by atoms with Crippen molar-refractivity contribution in [2.75, 3.05) is 26.9 Å². The van der Waals surface area contributed by atoms with Gasteiger partial charge in [0.05, 0.1) is 13.7 Å². The lowest BCUT2D eigenvalue weighted by atomic mass is 9.89. The lowest BCUT2D eigenvalue weighted by molar-refractivity contribution is 0.0802. The highest BCUT2D eigenvalue weighted by molar-refractivity contribution is 5.44. The highest BCUT2D eigenvalue weighted by Crippen LogP contribution is 2.40. The monoisotopic (exact) mass is 277 g/mol. The van der Waals surface area contributed by atoms with Gasteiger partial charge in [0.2, 0.25) is 0 Å². The van der Waals surface area contributed by atoms with Crippen molar-refractivity contribution in [3.05, 3.63) is 23.8 Å². The van der Waals surface area contributed by atoms with E-state index in [0.717, 1.165) is 44.1 Å². The van der Waals surface area contributed by atoms with Crippen LogP contribution in [0, 0.1) is 5.92 Å². The lowest BCUT2D eigenvalue weighted by Crippen LogP contribution is -2.37. The highest BCUT2D eigenvalue weighted by Gasteiger charge is 2.35. The topological polar surface area (TPSA) is 39.7 Å². The molecule has 0 spiro atoms. The van der Waals surface area contributed by atoms with E-state index in [2.05, 4.69) is 18.3 Å². The van der Waals surface area contributed by atoms with Crippen molar-refractivity contribution in [1.82, 2.24) is 5.32 Å². The summed E-state index contributed by atoms with van der Waals surface area (Å²) in [6, 6.07) is 6.48. The summed E-state index contributed by atoms with van der Waals surface area (Å²) in [5.41, 5.74) is 1.24. The molecule has 1 saturated heterocycles. The van der Waals surface area contributed by atoms with Crippen molar-refractivity contribution >= 4 is 0 Å². The predicted molar refractivity (Wildman–Crippen MR) is 77.4 cm³/mol. The van der Waals surface area contributed by atoms with Crippen LogP contribution in [0.25, 0.3) is 0 Å². The summed E-state index contributed by atoms with van der Waals surface area (Å²) >= 11 is 0. The summed E-state index contributed by atoms with van der Waals surface area (Å²) in [7, 11) is 1.69. The van der Waals surface area contributed by atoms with Crippen LogP contribution in [0.1, 0.15) is 31.4 Å². The zero-order valence-corrected chi connectivity index (χ0v) is 12.2. The number of fused-ring (bicyclic) bond motifs is 1. The molecule has 0 aliphatic carbocycles. The van der Waals surface area contributed by atoms with Crippen molar-refractivity contribution in [3.63, 3.8) is 0 Å². The Hall–Kier alpha value is -1.26. The average molecular weight is 277 g/mol. The minimum atomic E-state index is 0.237. The van der Waals surface area contributed by atoms with Crippen LogP contribution in [0.4, 0.5) is 0 Å². The molecule has 3 unspecified atom stereocenters. The minimum absolute atomic E-state index is 0.237. The second-order valence-corrected chi connectivity index (χ2v) is 5.53. The molecule has 0 radical (unpaired) electrons. The summed E-state index contributed by atoms with van der Waals surface area (Å²) in [4.78, 5) is 0. The van der Waals surface area contributed by atoms with Gasteiger partial charge in [-0.05, 0) is 19.0 Å². The van der Waals surface area contributed by atoms with Crippen molar-refractivity contribution in [2.24, 2.45) is 5.92 Å². The summed E-state index contributed by atoms with van der Waals surface area (Å²) in [6.45, 7) is 4.79. The van der Waals surface area contributed by atoms with Crippen LogP contribution in [0.3, 0.4) is 0 Å². The molecular formula is C16H23NO3. The van der Waals surface area contributed by atoms with E-state index in [1.807, 2.05) is 12.1 Å². The largest absolute Gasteiger partial charge is 0.497 e. The van der Waals surface area contributed by atoms with E-state index in [-0.39, 0.29) is 6.10 Å². The van der Waals surface area contributed by atoms with Gasteiger partial charge in [-0.2, -0.15) is 0 Å². The van der Waals surface area contributed by atoms with Gasteiger partial charge in [0.15, 0.2) is 0 Å². The van der Waals surface area contributed by atoms with E-state index < -0.39 is 0 Å². The third-order valence-electron chi connectivity index (χ3n) is 4.28. The molecule has 4 heteroatoms. The van der Waals surface area contributed by atoms with Gasteiger partial charge in [-0.3, -0.25) is 0 Å². The maximum Gasteiger partial charge on any atom is 0.128 e. The van der Waals surface area contributed by atoms with Gasteiger partial charge < -0.3 is 19.5 Å². The maximum absolute atomic E-state index is 6.23. The van der Waals surface area contributed by atoms with Gasteiger partial charge in [0.1, 0.15) is 17.6 Å². The van der Waals surface area contributed by atoms with Crippen LogP contribution in [-0.2, 0) is 4.74 Å². The first kappa shape index (κ1) is 13.7. The molecule has 2 aliphatic heterocycles. The Morgan fingerprint density at radius 2 is 2.30 bits per heavy atom. The second kappa shape index (κ2) is 6.02. The Morgan fingerprint density at radius 1 is 1.40 bits per heavy atom. The average Bonchev–Trinajstić information content (AvgIpc) is 3.01. The summed E-state index contributed by atoms with van der Waals surface area (Å²) in [5.74, 6) is 2.32. The van der Waals surface area contributed by atoms with Gasteiger partial charge in [-0.15, -0.1) is 0 Å². The first-order chi connectivity index (χ1) is 9.81. The molecule has 3 rings (SSSR count). The van der Waals surface area contributed by atoms with Crippen LogP contribution in [-0.4, -0.2) is 33.0 Å². The molecular weight excluding hydrogens is 254 g/mol. The molecule has 2 aliphatic rings. The summed E-state index contributed by atoms with van der Waals surface area (Å²) in [6.07, 6.45) is 2.35. The molecule has 0 saturated carbocycles. The Morgan fingerprint density at radius 3 is 3.00 bits per heavy atom. The SMILES string of the molecule is CCNC1CC(C2CCOC2)Oc2cc(OC)ccc21. The van der Waals surface area contributed by atoms with E-state index >= 15 is 0 Å². The molecule has 1 aromatic carbocycles. The van der Waals surface area contributed by atoms with Crippen LogP contribution in [0.2, 0.25) is 0 Å². The fourth-order valence-corrected chi connectivity index (χ4v) is 3.18. The van der Waals surface area contributed by atoms with E-state index in [1.54, 1.807) is 7.11 Å². The molecule has 20 heavy (non-hydrogen) atoms. The van der Waals surface area contributed by atoms with Gasteiger partial charge in [0, 0.05) is 36.6 Å². The Balaban J connectivity index is 1.86. The van der Waals surface area contributed by atoms with Gasteiger partial charge >= 0.3 is 0 Å². The van der Waals surface area contributed by atoms with E-state index in [1.165, 1.54) is 5.56 Å².